The first-order chi connectivity index (χ1) is 15.1. The number of nitrogens with one attached hydrogen (secondary N) is 1. The zero-order valence-corrected chi connectivity index (χ0v) is 17.8. The van der Waals surface area contributed by atoms with Crippen LogP contribution in [0, 0.1) is 5.41 Å². The lowest BCUT2D eigenvalue weighted by molar-refractivity contribution is 0.0187. The van der Waals surface area contributed by atoms with E-state index >= 15 is 0 Å². The maximum absolute atomic E-state index is 12.6. The van der Waals surface area contributed by atoms with Crippen molar-refractivity contribution in [3.05, 3.63) is 54.0 Å². The number of hydrogen-bond donors (Lipinski definition) is 1. The van der Waals surface area contributed by atoms with Gasteiger partial charge < -0.3 is 19.4 Å². The number of aromatic nitrogens is 2. The molecule has 2 aliphatic rings. The Hall–Kier alpha value is -2.93. The number of nitrogens with zero attached hydrogens (tertiary/aromatic N) is 3. The molecule has 1 aromatic carbocycles. The Balaban J connectivity index is 1.20. The summed E-state index contributed by atoms with van der Waals surface area (Å²) in [6, 6.07) is 11.5. The predicted molar refractivity (Wildman–Crippen MR) is 118 cm³/mol. The highest BCUT2D eigenvalue weighted by atomic mass is 16.5. The van der Waals surface area contributed by atoms with Crippen molar-refractivity contribution in [1.82, 2.24) is 15.3 Å². The van der Waals surface area contributed by atoms with Gasteiger partial charge in [-0.3, -0.25) is 4.79 Å². The maximum atomic E-state index is 12.6. The number of para-hydroxylation sites is 2. The number of anilines is 1. The molecule has 7 nitrogen and oxygen atoms in total. The monoisotopic (exact) mass is 420 g/mol. The molecule has 1 N–H and O–H groups in total. The van der Waals surface area contributed by atoms with E-state index in [4.69, 9.17) is 9.15 Å². The van der Waals surface area contributed by atoms with Gasteiger partial charge in [-0.15, -0.1) is 0 Å². The van der Waals surface area contributed by atoms with Gasteiger partial charge in [0.1, 0.15) is 11.3 Å². The van der Waals surface area contributed by atoms with Gasteiger partial charge in [0.15, 0.2) is 11.5 Å². The third-order valence-electron chi connectivity index (χ3n) is 6.49. The number of amides is 1. The van der Waals surface area contributed by atoms with Crippen LogP contribution in [0.5, 0.6) is 0 Å². The Morgan fingerprint density at radius 3 is 2.87 bits per heavy atom. The van der Waals surface area contributed by atoms with Crippen molar-refractivity contribution < 1.29 is 13.9 Å². The molecule has 2 aromatic heterocycles. The Kier molecular flexibility index (Phi) is 5.36. The van der Waals surface area contributed by atoms with Crippen molar-refractivity contribution in [2.75, 3.05) is 37.7 Å². The van der Waals surface area contributed by atoms with Crippen LogP contribution in [-0.4, -0.2) is 48.7 Å². The first kappa shape index (κ1) is 20.0. The second kappa shape index (κ2) is 8.30. The highest BCUT2D eigenvalue weighted by molar-refractivity contribution is 5.94. The summed E-state index contributed by atoms with van der Waals surface area (Å²) < 4.78 is 11.6. The van der Waals surface area contributed by atoms with Crippen LogP contribution >= 0.6 is 0 Å². The van der Waals surface area contributed by atoms with Gasteiger partial charge in [0, 0.05) is 31.2 Å². The number of fused-ring (bicyclic) bond motifs is 1. The molecule has 1 saturated heterocycles. The number of ether oxygens (including phenoxy) is 1. The van der Waals surface area contributed by atoms with Crippen molar-refractivity contribution in [3.63, 3.8) is 0 Å². The summed E-state index contributed by atoms with van der Waals surface area (Å²) in [5.74, 6) is 1.37. The van der Waals surface area contributed by atoms with Gasteiger partial charge in [0.25, 0.3) is 5.91 Å². The third kappa shape index (κ3) is 4.14. The van der Waals surface area contributed by atoms with Crippen LogP contribution in [0.4, 0.5) is 5.82 Å². The molecule has 1 unspecified atom stereocenters. The van der Waals surface area contributed by atoms with Crippen molar-refractivity contribution in [1.29, 1.82) is 0 Å². The van der Waals surface area contributed by atoms with Gasteiger partial charge in [-0.2, -0.15) is 0 Å². The van der Waals surface area contributed by atoms with Gasteiger partial charge in [-0.1, -0.05) is 25.5 Å². The molecular weight excluding hydrogens is 392 g/mol. The minimum Gasteiger partial charge on any atom is -0.440 e. The second-order valence-electron chi connectivity index (χ2n) is 8.86. The fraction of sp³-hybridized carbons (Fsp3) is 0.458. The number of rotatable bonds is 5. The number of hydrogen-bond acceptors (Lipinski definition) is 6. The van der Waals surface area contributed by atoms with Crippen LogP contribution in [0.2, 0.25) is 0 Å². The van der Waals surface area contributed by atoms with Gasteiger partial charge in [0.2, 0.25) is 0 Å². The molecule has 3 aromatic rings. The minimum absolute atomic E-state index is 0.0284. The van der Waals surface area contributed by atoms with E-state index in [9.17, 15) is 4.79 Å². The largest absolute Gasteiger partial charge is 0.440 e. The van der Waals surface area contributed by atoms with Crippen molar-refractivity contribution in [2.24, 2.45) is 5.41 Å². The van der Waals surface area contributed by atoms with Gasteiger partial charge in [-0.25, -0.2) is 9.97 Å². The normalized spacial score (nSPS) is 19.1. The lowest BCUT2D eigenvalue weighted by atomic mass is 9.69. The van der Waals surface area contributed by atoms with E-state index in [2.05, 4.69) is 20.2 Å². The Labute approximate surface area is 181 Å². The maximum Gasteiger partial charge on any atom is 0.252 e. The molecule has 7 heteroatoms. The summed E-state index contributed by atoms with van der Waals surface area (Å²) in [7, 11) is 0. The lowest BCUT2D eigenvalue weighted by Crippen LogP contribution is -2.43. The summed E-state index contributed by atoms with van der Waals surface area (Å²) in [6.45, 7) is 5.82. The molecule has 162 valence electrons. The molecule has 0 radical (unpaired) electrons. The Bertz CT molecular complexity index is 1030. The van der Waals surface area contributed by atoms with Crippen molar-refractivity contribution >= 4 is 22.8 Å². The van der Waals surface area contributed by atoms with E-state index in [0.717, 1.165) is 43.2 Å². The van der Waals surface area contributed by atoms with Crippen LogP contribution in [-0.2, 0) is 4.74 Å². The van der Waals surface area contributed by atoms with E-state index in [1.165, 1.54) is 19.3 Å². The summed E-state index contributed by atoms with van der Waals surface area (Å²) >= 11 is 0. The molecule has 1 aliphatic heterocycles. The summed E-state index contributed by atoms with van der Waals surface area (Å²) in [4.78, 5) is 24.0. The fourth-order valence-corrected chi connectivity index (χ4v) is 4.41. The van der Waals surface area contributed by atoms with Crippen LogP contribution in [0.3, 0.4) is 0 Å². The molecule has 1 aliphatic carbocycles. The molecule has 1 spiro atoms. The van der Waals surface area contributed by atoms with E-state index < -0.39 is 0 Å². The third-order valence-corrected chi connectivity index (χ3v) is 6.49. The zero-order chi connectivity index (χ0) is 21.3. The van der Waals surface area contributed by atoms with E-state index in [1.807, 2.05) is 43.3 Å². The quantitative estimate of drug-likeness (QED) is 0.677. The van der Waals surface area contributed by atoms with Gasteiger partial charge in [-0.05, 0) is 37.1 Å². The number of carbonyl (C=O) groups excluding carboxylic acids is 1. The topological polar surface area (TPSA) is 80.5 Å². The molecule has 1 atom stereocenters. The SMILES string of the molecule is CC(CNC(=O)c1ccc(N2CCOCC3(CCC3)C2)nc1)c1nc2ccccc2o1. The predicted octanol–water partition coefficient (Wildman–Crippen LogP) is 3.76. The summed E-state index contributed by atoms with van der Waals surface area (Å²) in [6.07, 6.45) is 5.39. The van der Waals surface area contributed by atoms with E-state index in [1.54, 1.807) is 6.20 Å². The second-order valence-corrected chi connectivity index (χ2v) is 8.86. The summed E-state index contributed by atoms with van der Waals surface area (Å²) in [5.41, 5.74) is 2.43. The zero-order valence-electron chi connectivity index (χ0n) is 17.8. The van der Waals surface area contributed by atoms with Crippen LogP contribution < -0.4 is 10.2 Å². The molecule has 31 heavy (non-hydrogen) atoms. The fourth-order valence-electron chi connectivity index (χ4n) is 4.41. The molecule has 2 fully saturated rings. The highest BCUT2D eigenvalue weighted by Crippen LogP contribution is 2.43. The smallest absolute Gasteiger partial charge is 0.252 e. The molecule has 1 amide bonds. The molecule has 5 rings (SSSR count). The highest BCUT2D eigenvalue weighted by Gasteiger charge is 2.40. The molecule has 1 saturated carbocycles. The summed E-state index contributed by atoms with van der Waals surface area (Å²) in [5, 5.41) is 2.97. The molecular formula is C24H28N4O3. The Morgan fingerprint density at radius 1 is 1.26 bits per heavy atom. The standard InChI is InChI=1S/C24H28N4O3/c1-17(23-27-19-5-2-3-6-20(19)31-23)13-26-22(29)18-7-8-21(25-14-18)28-11-12-30-16-24(15-28)9-4-10-24/h2-3,5-8,14,17H,4,9-13,15-16H2,1H3,(H,26,29). The number of carbonyl (C=O) groups is 1. The first-order valence-corrected chi connectivity index (χ1v) is 11.0. The number of benzene rings is 1. The van der Waals surface area contributed by atoms with Crippen LogP contribution in [0.1, 0.15) is 48.4 Å². The number of oxazole rings is 1. The van der Waals surface area contributed by atoms with Crippen molar-refractivity contribution in [3.8, 4) is 0 Å². The van der Waals surface area contributed by atoms with Crippen LogP contribution in [0.15, 0.2) is 47.0 Å². The first-order valence-electron chi connectivity index (χ1n) is 11.0. The van der Waals surface area contributed by atoms with Gasteiger partial charge >= 0.3 is 0 Å². The van der Waals surface area contributed by atoms with E-state index in [-0.39, 0.29) is 17.2 Å². The van der Waals surface area contributed by atoms with Crippen LogP contribution in [0.25, 0.3) is 11.1 Å². The minimum atomic E-state index is -0.142. The molecule has 0 bridgehead atoms. The van der Waals surface area contributed by atoms with E-state index in [0.29, 0.717) is 18.0 Å². The number of pyridine rings is 1. The molecule has 3 heterocycles. The van der Waals surface area contributed by atoms with Gasteiger partial charge in [0.05, 0.1) is 24.7 Å². The lowest BCUT2D eigenvalue weighted by Gasteiger charge is -2.43. The van der Waals surface area contributed by atoms with Crippen molar-refractivity contribution in [2.45, 2.75) is 32.1 Å². The average Bonchev–Trinajstić information content (AvgIpc) is 3.07. The Morgan fingerprint density at radius 2 is 2.13 bits per heavy atom. The average molecular weight is 421 g/mol.